The molecule has 1 saturated carbocycles. The summed E-state index contributed by atoms with van der Waals surface area (Å²) in [6, 6.07) is 0. The quantitative estimate of drug-likeness (QED) is 0.438. The van der Waals surface area contributed by atoms with Crippen LogP contribution in [-0.2, 0) is 19.0 Å². The molecule has 2 atom stereocenters. The number of ether oxygens (including phenoxy) is 3. The van der Waals surface area contributed by atoms with Gasteiger partial charge < -0.3 is 14.2 Å². The van der Waals surface area contributed by atoms with Crippen LogP contribution in [0.4, 0.5) is 0 Å². The Morgan fingerprint density at radius 1 is 1.50 bits per heavy atom. The highest BCUT2D eigenvalue weighted by Gasteiger charge is 2.62. The molecule has 1 heterocycles. The van der Waals surface area contributed by atoms with Gasteiger partial charge in [0.1, 0.15) is 12.2 Å². The third-order valence-electron chi connectivity index (χ3n) is 2.65. The Balaban J connectivity index is 2.14. The molecule has 2 rings (SSSR count). The zero-order valence-electron chi connectivity index (χ0n) is 7.20. The smallest absolute Gasteiger partial charge is 0.197 e. The third kappa shape index (κ3) is 0.920. The predicted octanol–water partition coefficient (Wildman–Crippen LogP) is 0.106. The molecule has 0 aromatic carbocycles. The fourth-order valence-corrected chi connectivity index (χ4v) is 1.79. The predicted molar refractivity (Wildman–Crippen MR) is 39.7 cm³/mol. The van der Waals surface area contributed by atoms with Gasteiger partial charge in [-0.3, -0.25) is 4.79 Å². The van der Waals surface area contributed by atoms with Crippen molar-refractivity contribution in [2.75, 3.05) is 14.2 Å². The van der Waals surface area contributed by atoms with E-state index in [-0.39, 0.29) is 18.0 Å². The lowest BCUT2D eigenvalue weighted by molar-refractivity contribution is -0.224. The molecule has 0 aromatic rings. The first-order chi connectivity index (χ1) is 5.73. The van der Waals surface area contributed by atoms with Crippen LogP contribution in [0.3, 0.4) is 0 Å². The summed E-state index contributed by atoms with van der Waals surface area (Å²) in [7, 11) is 3.16. The van der Waals surface area contributed by atoms with Crippen LogP contribution in [0, 0.1) is 0 Å². The number of carbonyl (C=O) groups excluding carboxylic acids is 1. The maximum Gasteiger partial charge on any atom is 0.197 e. The van der Waals surface area contributed by atoms with E-state index < -0.39 is 5.79 Å². The number of fused-ring (bicyclic) bond motifs is 1. The SMILES string of the molecule is COC1(OC)CCC(=O)[C@H]2O[C@H]21. The summed E-state index contributed by atoms with van der Waals surface area (Å²) in [6.45, 7) is 0. The van der Waals surface area contributed by atoms with Gasteiger partial charge in [-0.15, -0.1) is 0 Å². The van der Waals surface area contributed by atoms with E-state index in [4.69, 9.17) is 14.2 Å². The Kier molecular flexibility index (Phi) is 1.71. The van der Waals surface area contributed by atoms with Crippen LogP contribution in [0.2, 0.25) is 0 Å². The fraction of sp³-hybridized carbons (Fsp3) is 0.875. The number of hydrogen-bond acceptors (Lipinski definition) is 4. The Morgan fingerprint density at radius 2 is 2.17 bits per heavy atom. The Morgan fingerprint density at radius 3 is 2.75 bits per heavy atom. The molecule has 12 heavy (non-hydrogen) atoms. The average Bonchev–Trinajstić information content (AvgIpc) is 2.87. The molecule has 68 valence electrons. The molecule has 0 aromatic heterocycles. The minimum Gasteiger partial charge on any atom is -0.355 e. The molecule has 1 saturated heterocycles. The van der Waals surface area contributed by atoms with Crippen molar-refractivity contribution in [1.29, 1.82) is 0 Å². The molecule has 2 aliphatic rings. The van der Waals surface area contributed by atoms with Gasteiger partial charge in [-0.1, -0.05) is 0 Å². The van der Waals surface area contributed by atoms with Gasteiger partial charge >= 0.3 is 0 Å². The summed E-state index contributed by atoms with van der Waals surface area (Å²) in [5, 5.41) is 0. The average molecular weight is 172 g/mol. The van der Waals surface area contributed by atoms with Crippen molar-refractivity contribution in [3.05, 3.63) is 0 Å². The number of rotatable bonds is 2. The molecular formula is C8H12O4. The maximum atomic E-state index is 11.1. The Labute approximate surface area is 70.8 Å². The van der Waals surface area contributed by atoms with Crippen LogP contribution in [0.15, 0.2) is 0 Å². The van der Waals surface area contributed by atoms with E-state index in [2.05, 4.69) is 0 Å². The summed E-state index contributed by atoms with van der Waals surface area (Å²) >= 11 is 0. The molecule has 0 amide bonds. The van der Waals surface area contributed by atoms with Gasteiger partial charge in [0.2, 0.25) is 0 Å². The van der Waals surface area contributed by atoms with E-state index in [1.54, 1.807) is 14.2 Å². The van der Waals surface area contributed by atoms with Crippen molar-refractivity contribution in [3.8, 4) is 0 Å². The fourth-order valence-electron chi connectivity index (χ4n) is 1.79. The molecule has 0 spiro atoms. The van der Waals surface area contributed by atoms with Crippen molar-refractivity contribution >= 4 is 5.78 Å². The normalized spacial score (nSPS) is 37.7. The van der Waals surface area contributed by atoms with Crippen LogP contribution >= 0.6 is 0 Å². The molecule has 0 radical (unpaired) electrons. The van der Waals surface area contributed by atoms with E-state index in [0.29, 0.717) is 12.8 Å². The highest BCUT2D eigenvalue weighted by atomic mass is 16.7. The second-order valence-electron chi connectivity index (χ2n) is 3.16. The van der Waals surface area contributed by atoms with Gasteiger partial charge in [-0.25, -0.2) is 0 Å². The summed E-state index contributed by atoms with van der Waals surface area (Å²) < 4.78 is 15.6. The van der Waals surface area contributed by atoms with Gasteiger partial charge in [0, 0.05) is 27.1 Å². The Bertz CT molecular complexity index is 209. The first-order valence-corrected chi connectivity index (χ1v) is 4.02. The lowest BCUT2D eigenvalue weighted by Gasteiger charge is -2.31. The minimum absolute atomic E-state index is 0.171. The van der Waals surface area contributed by atoms with Crippen molar-refractivity contribution in [2.45, 2.75) is 30.8 Å². The van der Waals surface area contributed by atoms with Crippen LogP contribution in [0.1, 0.15) is 12.8 Å². The molecule has 4 nitrogen and oxygen atoms in total. The molecule has 0 bridgehead atoms. The lowest BCUT2D eigenvalue weighted by Crippen LogP contribution is -2.45. The molecule has 1 aliphatic carbocycles. The van der Waals surface area contributed by atoms with Crippen LogP contribution < -0.4 is 0 Å². The molecule has 0 unspecified atom stereocenters. The first kappa shape index (κ1) is 8.16. The molecule has 0 N–H and O–H groups in total. The topological polar surface area (TPSA) is 48.1 Å². The van der Waals surface area contributed by atoms with Gasteiger partial charge in [-0.05, 0) is 0 Å². The van der Waals surface area contributed by atoms with E-state index in [1.807, 2.05) is 0 Å². The zero-order chi connectivity index (χ0) is 8.77. The third-order valence-corrected chi connectivity index (χ3v) is 2.65. The van der Waals surface area contributed by atoms with E-state index in [1.165, 1.54) is 0 Å². The molecule has 1 aliphatic heterocycles. The first-order valence-electron chi connectivity index (χ1n) is 4.02. The highest BCUT2D eigenvalue weighted by Crippen LogP contribution is 2.43. The second kappa shape index (κ2) is 2.52. The number of Topliss-reactive ketones (excluding diaryl/α,β-unsaturated/α-hetero) is 1. The van der Waals surface area contributed by atoms with Gasteiger partial charge in [0.05, 0.1) is 0 Å². The summed E-state index contributed by atoms with van der Waals surface area (Å²) in [4.78, 5) is 11.1. The van der Waals surface area contributed by atoms with Gasteiger partial charge in [0.25, 0.3) is 0 Å². The number of epoxide rings is 1. The summed E-state index contributed by atoms with van der Waals surface area (Å²) in [5.74, 6) is -0.497. The number of ketones is 1. The molecular weight excluding hydrogens is 160 g/mol. The van der Waals surface area contributed by atoms with Gasteiger partial charge in [-0.2, -0.15) is 0 Å². The van der Waals surface area contributed by atoms with Crippen molar-refractivity contribution in [3.63, 3.8) is 0 Å². The lowest BCUT2D eigenvalue weighted by atomic mass is 9.93. The van der Waals surface area contributed by atoms with Crippen LogP contribution in [0.5, 0.6) is 0 Å². The number of methoxy groups -OCH3 is 2. The second-order valence-corrected chi connectivity index (χ2v) is 3.16. The van der Waals surface area contributed by atoms with E-state index in [0.717, 1.165) is 0 Å². The number of carbonyl (C=O) groups is 1. The molecule has 4 heteroatoms. The standard InChI is InChI=1S/C8H12O4/c1-10-8(11-2)4-3-5(9)6-7(8)12-6/h6-7H,3-4H2,1-2H3/t6-,7-/m1/s1. The monoisotopic (exact) mass is 172 g/mol. The summed E-state index contributed by atoms with van der Waals surface area (Å²) in [6.07, 6.45) is 0.649. The highest BCUT2D eigenvalue weighted by molar-refractivity contribution is 5.87. The van der Waals surface area contributed by atoms with Crippen molar-refractivity contribution in [1.82, 2.24) is 0 Å². The van der Waals surface area contributed by atoms with Crippen molar-refractivity contribution < 1.29 is 19.0 Å². The van der Waals surface area contributed by atoms with Crippen LogP contribution in [0.25, 0.3) is 0 Å². The van der Waals surface area contributed by atoms with Crippen LogP contribution in [-0.4, -0.2) is 38.0 Å². The maximum absolute atomic E-state index is 11.1. The minimum atomic E-state index is -0.668. The summed E-state index contributed by atoms with van der Waals surface area (Å²) in [5.41, 5.74) is 0. The number of hydrogen-bond donors (Lipinski definition) is 0. The van der Waals surface area contributed by atoms with E-state index >= 15 is 0 Å². The largest absolute Gasteiger partial charge is 0.355 e. The van der Waals surface area contributed by atoms with Gasteiger partial charge in [0.15, 0.2) is 11.6 Å². The zero-order valence-corrected chi connectivity index (χ0v) is 7.20. The van der Waals surface area contributed by atoms with E-state index in [9.17, 15) is 4.79 Å². The van der Waals surface area contributed by atoms with Crippen molar-refractivity contribution in [2.24, 2.45) is 0 Å². The molecule has 2 fully saturated rings. The Hall–Kier alpha value is -0.450.